The summed E-state index contributed by atoms with van der Waals surface area (Å²) in [4.78, 5) is 67.3. The lowest BCUT2D eigenvalue weighted by molar-refractivity contribution is -0.181. The molecule has 7 unspecified atom stereocenters. The van der Waals surface area contributed by atoms with Gasteiger partial charge in [-0.1, -0.05) is 0 Å². The van der Waals surface area contributed by atoms with Crippen LogP contribution in [0.2, 0.25) is 0 Å². The van der Waals surface area contributed by atoms with Gasteiger partial charge in [-0.15, -0.1) is 0 Å². The number of aliphatic hydroxyl groups is 1. The molecule has 7 atom stereocenters. The molecule has 216 valence electrons. The standard InChI is InChI=1S/C26H29F3N4O7/c1-33(2)19-12-6-9-5-11-16(14(34)7-10(18(11)26(27,28)29)13-8-31-3-4-32-13)20(35)15(9)22(37)25(12,40)23(38)17(21(19)36)24(30)39/h7,9,12-13,15,17,19,31-32,34,40H,3-6,8H2,1-2H3,(H2,30,39). The number of Topliss-reactive ketones (excluding diaryl/α,β-unsaturated/α-hetero) is 4. The van der Waals surface area contributed by atoms with Crippen molar-refractivity contribution >= 4 is 29.0 Å². The molecule has 6 N–H and O–H groups in total. The van der Waals surface area contributed by atoms with E-state index in [-0.39, 0.29) is 18.5 Å². The number of carbonyl (C=O) groups excluding carboxylic acids is 5. The van der Waals surface area contributed by atoms with Crippen LogP contribution in [0.25, 0.3) is 0 Å². The first-order valence-corrected chi connectivity index (χ1v) is 12.9. The Kier molecular flexibility index (Phi) is 6.68. The molecule has 1 aliphatic heterocycles. The number of likely N-dealkylation sites (N-methyl/N-ethyl adjacent to an activating group) is 1. The number of hydrogen-bond acceptors (Lipinski definition) is 10. The van der Waals surface area contributed by atoms with Crippen molar-refractivity contribution in [1.82, 2.24) is 15.5 Å². The van der Waals surface area contributed by atoms with E-state index >= 15 is 0 Å². The number of piperazine rings is 1. The Labute approximate surface area is 226 Å². The van der Waals surface area contributed by atoms with Gasteiger partial charge in [0.05, 0.1) is 23.1 Å². The number of nitrogens with zero attached hydrogens (tertiary/aromatic N) is 1. The average Bonchev–Trinajstić information content (AvgIpc) is 2.85. The number of halogens is 3. The lowest BCUT2D eigenvalue weighted by Gasteiger charge is -2.52. The number of amides is 1. The minimum absolute atomic E-state index is 0.144. The number of nitrogens with two attached hydrogens (primary N) is 1. The Balaban J connectivity index is 1.67. The summed E-state index contributed by atoms with van der Waals surface area (Å²) in [7, 11) is 2.85. The zero-order valence-corrected chi connectivity index (χ0v) is 21.7. The van der Waals surface area contributed by atoms with Crippen LogP contribution in [0.5, 0.6) is 5.75 Å². The van der Waals surface area contributed by atoms with Gasteiger partial charge in [0.15, 0.2) is 34.7 Å². The molecule has 40 heavy (non-hydrogen) atoms. The first-order chi connectivity index (χ1) is 18.6. The van der Waals surface area contributed by atoms with Crippen LogP contribution in [-0.4, -0.2) is 89.5 Å². The molecule has 14 heteroatoms. The number of rotatable bonds is 3. The molecular weight excluding hydrogens is 537 g/mol. The molecule has 0 radical (unpaired) electrons. The van der Waals surface area contributed by atoms with E-state index in [1.165, 1.54) is 19.0 Å². The van der Waals surface area contributed by atoms with E-state index in [0.29, 0.717) is 13.1 Å². The van der Waals surface area contributed by atoms with Crippen LogP contribution in [0.1, 0.15) is 39.5 Å². The van der Waals surface area contributed by atoms with Gasteiger partial charge in [-0.2, -0.15) is 13.2 Å². The van der Waals surface area contributed by atoms with Crippen molar-refractivity contribution in [1.29, 1.82) is 0 Å². The minimum atomic E-state index is -4.92. The van der Waals surface area contributed by atoms with Crippen molar-refractivity contribution in [2.75, 3.05) is 33.7 Å². The molecule has 0 bridgehead atoms. The van der Waals surface area contributed by atoms with Crippen molar-refractivity contribution in [2.45, 2.75) is 36.7 Å². The van der Waals surface area contributed by atoms with Crippen LogP contribution in [0.3, 0.4) is 0 Å². The van der Waals surface area contributed by atoms with Crippen molar-refractivity contribution in [3.8, 4) is 5.75 Å². The maximum Gasteiger partial charge on any atom is 0.417 e. The molecule has 3 fully saturated rings. The first kappa shape index (κ1) is 28.3. The molecule has 0 aromatic heterocycles. The highest BCUT2D eigenvalue weighted by molar-refractivity contribution is 6.32. The number of alkyl halides is 3. The van der Waals surface area contributed by atoms with Crippen molar-refractivity contribution in [3.05, 3.63) is 28.3 Å². The Morgan fingerprint density at radius 3 is 2.38 bits per heavy atom. The average molecular weight is 567 g/mol. The highest BCUT2D eigenvalue weighted by atomic mass is 19.4. The van der Waals surface area contributed by atoms with Crippen molar-refractivity contribution in [2.24, 2.45) is 29.4 Å². The second-order valence-electron chi connectivity index (χ2n) is 11.2. The second kappa shape index (κ2) is 9.43. The molecular formula is C26H29F3N4O7. The van der Waals surface area contributed by atoms with Crippen LogP contribution in [0.15, 0.2) is 6.07 Å². The third-order valence-corrected chi connectivity index (χ3v) is 8.79. The number of ketones is 4. The zero-order valence-electron chi connectivity index (χ0n) is 21.7. The number of benzene rings is 1. The van der Waals surface area contributed by atoms with Crippen LogP contribution >= 0.6 is 0 Å². The topological polar surface area (TPSA) is 179 Å². The lowest BCUT2D eigenvalue weighted by atomic mass is 9.52. The number of fused-ring (bicyclic) bond motifs is 3. The summed E-state index contributed by atoms with van der Waals surface area (Å²) in [6.45, 7) is 1.05. The molecule has 1 amide bonds. The van der Waals surface area contributed by atoms with E-state index in [1.807, 2.05) is 0 Å². The monoisotopic (exact) mass is 566 g/mol. The van der Waals surface area contributed by atoms with E-state index in [2.05, 4.69) is 10.6 Å². The number of nitrogens with one attached hydrogen (secondary N) is 2. The first-order valence-electron chi connectivity index (χ1n) is 12.9. The summed E-state index contributed by atoms with van der Waals surface area (Å²) >= 11 is 0. The van der Waals surface area contributed by atoms with Crippen LogP contribution < -0.4 is 16.4 Å². The fraction of sp³-hybridized carbons (Fsp3) is 0.577. The summed E-state index contributed by atoms with van der Waals surface area (Å²) in [6.07, 6.45) is -5.73. The van der Waals surface area contributed by atoms with Gasteiger partial charge in [0.2, 0.25) is 5.91 Å². The zero-order chi connectivity index (χ0) is 29.5. The van der Waals surface area contributed by atoms with Gasteiger partial charge >= 0.3 is 6.18 Å². The Bertz CT molecular complexity index is 1340. The highest BCUT2D eigenvalue weighted by Gasteiger charge is 2.69. The van der Waals surface area contributed by atoms with Crippen molar-refractivity contribution < 1.29 is 47.4 Å². The molecule has 11 nitrogen and oxygen atoms in total. The fourth-order valence-corrected chi connectivity index (χ4v) is 7.19. The van der Waals surface area contributed by atoms with Gasteiger partial charge in [0.1, 0.15) is 5.75 Å². The van der Waals surface area contributed by atoms with E-state index in [1.54, 1.807) is 0 Å². The molecule has 1 heterocycles. The SMILES string of the molecule is CN(C)C1C(=O)C(C(N)=O)C(=O)C2(O)C(=O)C3C(=O)c4c(O)cc(C5CNCCN5)c(C(F)(F)F)c4CC3CC12. The summed E-state index contributed by atoms with van der Waals surface area (Å²) < 4.78 is 43.7. The summed E-state index contributed by atoms with van der Waals surface area (Å²) in [5, 5.41) is 28.4. The lowest BCUT2D eigenvalue weighted by Crippen LogP contribution is -2.74. The summed E-state index contributed by atoms with van der Waals surface area (Å²) in [6, 6.07) is -1.30. The maximum atomic E-state index is 14.6. The second-order valence-corrected chi connectivity index (χ2v) is 11.2. The van der Waals surface area contributed by atoms with Gasteiger partial charge in [-0.25, -0.2) is 0 Å². The molecule has 1 aromatic rings. The van der Waals surface area contributed by atoms with Crippen LogP contribution in [0.4, 0.5) is 13.2 Å². The van der Waals surface area contributed by atoms with Crippen LogP contribution in [-0.2, 0) is 31.8 Å². The molecule has 1 saturated heterocycles. The third kappa shape index (κ3) is 3.91. The Morgan fingerprint density at radius 1 is 1.15 bits per heavy atom. The number of phenols is 1. The van der Waals surface area contributed by atoms with E-state index in [4.69, 9.17) is 5.73 Å². The quantitative estimate of drug-likeness (QED) is 0.289. The number of hydrogen-bond donors (Lipinski definition) is 5. The molecule has 5 rings (SSSR count). The number of primary amides is 1. The predicted molar refractivity (Wildman–Crippen MR) is 130 cm³/mol. The molecule has 4 aliphatic rings. The van der Waals surface area contributed by atoms with Gasteiger partial charge in [-0.05, 0) is 50.0 Å². The molecule has 2 saturated carbocycles. The smallest absolute Gasteiger partial charge is 0.417 e. The number of phenolic OH excluding ortho intramolecular Hbond substituents is 1. The minimum Gasteiger partial charge on any atom is -0.507 e. The maximum absolute atomic E-state index is 14.6. The van der Waals surface area contributed by atoms with E-state index < -0.39 is 105 Å². The van der Waals surface area contributed by atoms with Crippen LogP contribution in [0, 0.1) is 23.7 Å². The fourth-order valence-electron chi connectivity index (χ4n) is 7.19. The molecule has 1 aromatic carbocycles. The molecule has 0 spiro atoms. The predicted octanol–water partition coefficient (Wildman–Crippen LogP) is -0.880. The Morgan fingerprint density at radius 2 is 1.82 bits per heavy atom. The van der Waals surface area contributed by atoms with Gasteiger partial charge in [0, 0.05) is 31.6 Å². The molecule has 3 aliphatic carbocycles. The summed E-state index contributed by atoms with van der Waals surface area (Å²) in [5.41, 5.74) is -0.168. The van der Waals surface area contributed by atoms with Gasteiger partial charge in [-0.3, -0.25) is 28.9 Å². The normalized spacial score (nSPS) is 34.4. The van der Waals surface area contributed by atoms with Gasteiger partial charge in [0.25, 0.3) is 0 Å². The Hall–Kier alpha value is -3.20. The highest BCUT2D eigenvalue weighted by Crippen LogP contribution is 2.53. The summed E-state index contributed by atoms with van der Waals surface area (Å²) in [5.74, 6) is -13.4. The third-order valence-electron chi connectivity index (χ3n) is 8.79. The van der Waals surface area contributed by atoms with E-state index in [0.717, 1.165) is 6.07 Å². The van der Waals surface area contributed by atoms with E-state index in [9.17, 15) is 47.4 Å². The van der Waals surface area contributed by atoms with Crippen molar-refractivity contribution in [3.63, 3.8) is 0 Å². The number of carbonyl (C=O) groups is 5. The largest absolute Gasteiger partial charge is 0.507 e. The van der Waals surface area contributed by atoms with Gasteiger partial charge < -0.3 is 26.6 Å². The number of aromatic hydroxyl groups is 1.